The lowest BCUT2D eigenvalue weighted by atomic mass is 10.0. The maximum Gasteiger partial charge on any atom is 0.317 e. The molecule has 6 nitrogen and oxygen atoms in total. The summed E-state index contributed by atoms with van der Waals surface area (Å²) in [4.78, 5) is 28.0. The summed E-state index contributed by atoms with van der Waals surface area (Å²) in [5, 5.41) is 2.84. The third-order valence-corrected chi connectivity index (χ3v) is 4.63. The van der Waals surface area contributed by atoms with Gasteiger partial charge in [0.1, 0.15) is 5.75 Å². The number of likely N-dealkylation sites (tertiary alicyclic amines) is 1. The molecule has 1 aromatic carbocycles. The average molecular weight is 331 g/mol. The van der Waals surface area contributed by atoms with Gasteiger partial charge in [0.2, 0.25) is 5.91 Å². The molecule has 1 aromatic rings. The molecule has 2 fully saturated rings. The van der Waals surface area contributed by atoms with Crippen molar-refractivity contribution in [3.05, 3.63) is 30.3 Å². The van der Waals surface area contributed by atoms with Crippen LogP contribution in [0.5, 0.6) is 5.75 Å². The van der Waals surface area contributed by atoms with Crippen molar-refractivity contribution in [2.24, 2.45) is 0 Å². The number of benzene rings is 1. The molecule has 1 N–H and O–H groups in total. The fraction of sp³-hybridized carbons (Fsp3) is 0.556. The quantitative estimate of drug-likeness (QED) is 0.810. The van der Waals surface area contributed by atoms with Crippen LogP contribution in [-0.2, 0) is 4.79 Å². The second kappa shape index (κ2) is 8.04. The van der Waals surface area contributed by atoms with Gasteiger partial charge in [0, 0.05) is 32.6 Å². The number of hydrogen-bond donors (Lipinski definition) is 1. The van der Waals surface area contributed by atoms with Crippen LogP contribution in [0.4, 0.5) is 4.79 Å². The van der Waals surface area contributed by atoms with Crippen molar-refractivity contribution < 1.29 is 14.3 Å². The van der Waals surface area contributed by atoms with Crippen LogP contribution in [-0.4, -0.2) is 60.6 Å². The minimum atomic E-state index is 0.00515. The van der Waals surface area contributed by atoms with Crippen molar-refractivity contribution in [1.82, 2.24) is 15.1 Å². The molecular formula is C18H25N3O3. The van der Waals surface area contributed by atoms with E-state index in [0.29, 0.717) is 32.5 Å². The Morgan fingerprint density at radius 2 is 2.08 bits per heavy atom. The fourth-order valence-electron chi connectivity index (χ4n) is 3.36. The lowest BCUT2D eigenvalue weighted by Gasteiger charge is -2.37. The molecule has 0 unspecified atom stereocenters. The van der Waals surface area contributed by atoms with Gasteiger partial charge >= 0.3 is 6.03 Å². The summed E-state index contributed by atoms with van der Waals surface area (Å²) in [5.74, 6) is 0.999. The van der Waals surface area contributed by atoms with E-state index in [4.69, 9.17) is 4.74 Å². The second-order valence-corrected chi connectivity index (χ2v) is 6.33. The third-order valence-electron chi connectivity index (χ3n) is 4.63. The maximum absolute atomic E-state index is 12.4. The molecule has 24 heavy (non-hydrogen) atoms. The van der Waals surface area contributed by atoms with Crippen molar-refractivity contribution in [2.45, 2.75) is 31.7 Å². The molecule has 0 spiro atoms. The van der Waals surface area contributed by atoms with Gasteiger partial charge in [-0.15, -0.1) is 0 Å². The highest BCUT2D eigenvalue weighted by molar-refractivity contribution is 5.78. The Bertz CT molecular complexity index is 564. The van der Waals surface area contributed by atoms with Gasteiger partial charge in [-0.05, 0) is 31.4 Å². The van der Waals surface area contributed by atoms with Gasteiger partial charge < -0.3 is 19.9 Å². The van der Waals surface area contributed by atoms with Gasteiger partial charge in [-0.25, -0.2) is 4.79 Å². The normalized spacial score (nSPS) is 20.8. The van der Waals surface area contributed by atoms with Crippen LogP contribution in [0, 0.1) is 0 Å². The Balaban J connectivity index is 1.40. The molecule has 3 rings (SSSR count). The molecule has 0 radical (unpaired) electrons. The number of amides is 3. The second-order valence-electron chi connectivity index (χ2n) is 6.33. The van der Waals surface area contributed by atoms with Crippen molar-refractivity contribution >= 4 is 11.9 Å². The first-order valence-corrected chi connectivity index (χ1v) is 8.74. The first-order chi connectivity index (χ1) is 11.7. The largest absolute Gasteiger partial charge is 0.494 e. The van der Waals surface area contributed by atoms with Crippen LogP contribution >= 0.6 is 0 Å². The Morgan fingerprint density at radius 3 is 2.83 bits per heavy atom. The minimum absolute atomic E-state index is 0.00515. The third kappa shape index (κ3) is 4.19. The van der Waals surface area contributed by atoms with Crippen molar-refractivity contribution in [1.29, 1.82) is 0 Å². The topological polar surface area (TPSA) is 61.9 Å². The lowest BCUT2D eigenvalue weighted by molar-refractivity contribution is -0.133. The first-order valence-electron chi connectivity index (χ1n) is 8.74. The Kier molecular flexibility index (Phi) is 5.56. The molecule has 2 aliphatic heterocycles. The number of nitrogens with one attached hydrogen (secondary N) is 1. The van der Waals surface area contributed by atoms with E-state index < -0.39 is 0 Å². The lowest BCUT2D eigenvalue weighted by Crippen LogP contribution is -2.50. The summed E-state index contributed by atoms with van der Waals surface area (Å²) >= 11 is 0. The van der Waals surface area contributed by atoms with Crippen molar-refractivity contribution in [3.63, 3.8) is 0 Å². The maximum atomic E-state index is 12.4. The van der Waals surface area contributed by atoms with E-state index in [9.17, 15) is 9.59 Å². The monoisotopic (exact) mass is 331 g/mol. The van der Waals surface area contributed by atoms with Gasteiger partial charge in [-0.3, -0.25) is 4.79 Å². The molecular weight excluding hydrogens is 306 g/mol. The van der Waals surface area contributed by atoms with E-state index in [2.05, 4.69) is 5.32 Å². The van der Waals surface area contributed by atoms with E-state index in [1.807, 2.05) is 40.1 Å². The number of urea groups is 1. The molecule has 0 bridgehead atoms. The van der Waals surface area contributed by atoms with E-state index in [-0.39, 0.29) is 18.0 Å². The Hall–Kier alpha value is -2.24. The summed E-state index contributed by atoms with van der Waals surface area (Å²) in [6, 6.07) is 9.81. The molecule has 2 aliphatic rings. The number of carbonyl (C=O) groups excluding carboxylic acids is 2. The summed E-state index contributed by atoms with van der Waals surface area (Å²) in [7, 11) is 0. The molecule has 6 heteroatoms. The van der Waals surface area contributed by atoms with Crippen LogP contribution in [0.3, 0.4) is 0 Å². The molecule has 2 saturated heterocycles. The van der Waals surface area contributed by atoms with E-state index in [0.717, 1.165) is 31.7 Å². The first kappa shape index (κ1) is 16.6. The number of hydrogen-bond acceptors (Lipinski definition) is 3. The zero-order chi connectivity index (χ0) is 16.8. The Morgan fingerprint density at radius 1 is 1.25 bits per heavy atom. The van der Waals surface area contributed by atoms with Crippen LogP contribution in [0.2, 0.25) is 0 Å². The van der Waals surface area contributed by atoms with E-state index in [1.165, 1.54) is 0 Å². The van der Waals surface area contributed by atoms with Gasteiger partial charge in [0.05, 0.1) is 12.6 Å². The smallest absolute Gasteiger partial charge is 0.317 e. The number of carbonyl (C=O) groups is 2. The van der Waals surface area contributed by atoms with Crippen LogP contribution in [0.25, 0.3) is 0 Å². The summed E-state index contributed by atoms with van der Waals surface area (Å²) in [5.41, 5.74) is 0. The number of rotatable bonds is 6. The van der Waals surface area contributed by atoms with Crippen LogP contribution < -0.4 is 10.1 Å². The van der Waals surface area contributed by atoms with Gasteiger partial charge in [-0.1, -0.05) is 18.2 Å². The standard InChI is InChI=1S/C18H25N3O3/c22-17(9-5-13-24-16-7-2-1-3-8-16)20-11-4-6-15(14-20)21-12-10-19-18(21)23/h1-3,7-8,15H,4-6,9-14H2,(H,19,23)/t15-/m0/s1. The molecule has 130 valence electrons. The highest BCUT2D eigenvalue weighted by Gasteiger charge is 2.32. The number of para-hydroxylation sites is 1. The number of ether oxygens (including phenoxy) is 1. The average Bonchev–Trinajstić information content (AvgIpc) is 3.05. The Labute approximate surface area is 142 Å². The number of piperidine rings is 1. The fourth-order valence-corrected chi connectivity index (χ4v) is 3.36. The molecule has 0 saturated carbocycles. The predicted molar refractivity (Wildman–Crippen MR) is 90.9 cm³/mol. The van der Waals surface area contributed by atoms with Crippen molar-refractivity contribution in [3.8, 4) is 5.75 Å². The molecule has 1 atom stereocenters. The highest BCUT2D eigenvalue weighted by atomic mass is 16.5. The van der Waals surface area contributed by atoms with E-state index >= 15 is 0 Å². The van der Waals surface area contributed by atoms with Crippen LogP contribution in [0.15, 0.2) is 30.3 Å². The van der Waals surface area contributed by atoms with Crippen LogP contribution in [0.1, 0.15) is 25.7 Å². The van der Waals surface area contributed by atoms with E-state index in [1.54, 1.807) is 0 Å². The zero-order valence-corrected chi connectivity index (χ0v) is 13.9. The molecule has 0 aliphatic carbocycles. The number of nitrogens with zero attached hydrogens (tertiary/aromatic N) is 2. The molecule has 3 amide bonds. The van der Waals surface area contributed by atoms with Gasteiger partial charge in [0.25, 0.3) is 0 Å². The summed E-state index contributed by atoms with van der Waals surface area (Å²) in [6.45, 7) is 3.45. The summed E-state index contributed by atoms with van der Waals surface area (Å²) in [6.07, 6.45) is 3.14. The molecule has 2 heterocycles. The van der Waals surface area contributed by atoms with Crippen molar-refractivity contribution in [2.75, 3.05) is 32.8 Å². The summed E-state index contributed by atoms with van der Waals surface area (Å²) < 4.78 is 5.63. The SMILES string of the molecule is O=C(CCCOc1ccccc1)N1CCC[C@H](N2CCNC2=O)C1. The zero-order valence-electron chi connectivity index (χ0n) is 13.9. The predicted octanol–water partition coefficient (Wildman–Crippen LogP) is 1.86. The highest BCUT2D eigenvalue weighted by Crippen LogP contribution is 2.18. The van der Waals surface area contributed by atoms with Gasteiger partial charge in [0.15, 0.2) is 0 Å². The molecule has 0 aromatic heterocycles. The minimum Gasteiger partial charge on any atom is -0.494 e. The van der Waals surface area contributed by atoms with Gasteiger partial charge in [-0.2, -0.15) is 0 Å².